The number of aliphatic hydroxyl groups excluding tert-OH is 1. The lowest BCUT2D eigenvalue weighted by atomic mass is 10.1. The number of hydrogen-bond donors (Lipinski definition) is 2. The predicted octanol–water partition coefficient (Wildman–Crippen LogP) is 2.82. The highest BCUT2D eigenvalue weighted by Crippen LogP contribution is 2.24. The monoisotopic (exact) mass is 277 g/mol. The van der Waals surface area contributed by atoms with Gasteiger partial charge in [0.15, 0.2) is 0 Å². The summed E-state index contributed by atoms with van der Waals surface area (Å²) in [6, 6.07) is 6.67. The van der Waals surface area contributed by atoms with Gasteiger partial charge in [0, 0.05) is 12.6 Å². The van der Waals surface area contributed by atoms with Crippen LogP contribution < -0.4 is 10.1 Å². The lowest BCUT2D eigenvalue weighted by Gasteiger charge is -2.20. The molecule has 20 heavy (non-hydrogen) atoms. The summed E-state index contributed by atoms with van der Waals surface area (Å²) in [4.78, 5) is 0. The molecule has 1 aromatic carbocycles. The van der Waals surface area contributed by atoms with Gasteiger partial charge in [-0.3, -0.25) is 0 Å². The number of benzene rings is 1. The zero-order valence-corrected chi connectivity index (χ0v) is 12.9. The van der Waals surface area contributed by atoms with Crippen molar-refractivity contribution in [2.75, 3.05) is 13.2 Å². The van der Waals surface area contributed by atoms with Crippen LogP contribution in [0.2, 0.25) is 0 Å². The van der Waals surface area contributed by atoms with E-state index in [1.165, 1.54) is 24.8 Å². The number of rotatable bonds is 6. The van der Waals surface area contributed by atoms with E-state index < -0.39 is 6.10 Å². The van der Waals surface area contributed by atoms with Gasteiger partial charge in [-0.1, -0.05) is 31.0 Å². The number of hydrogen-bond acceptors (Lipinski definition) is 3. The highest BCUT2D eigenvalue weighted by molar-refractivity contribution is 5.35. The molecule has 112 valence electrons. The summed E-state index contributed by atoms with van der Waals surface area (Å²) in [6.07, 6.45) is 3.37. The van der Waals surface area contributed by atoms with Crippen molar-refractivity contribution in [3.05, 3.63) is 29.3 Å². The van der Waals surface area contributed by atoms with Gasteiger partial charge in [-0.25, -0.2) is 0 Å². The maximum absolute atomic E-state index is 10.0. The van der Waals surface area contributed by atoms with Crippen LogP contribution in [-0.2, 0) is 0 Å². The quantitative estimate of drug-likeness (QED) is 0.840. The Labute approximate surface area is 122 Å². The van der Waals surface area contributed by atoms with Crippen LogP contribution in [-0.4, -0.2) is 30.4 Å². The van der Waals surface area contributed by atoms with Crippen LogP contribution in [0.5, 0.6) is 5.75 Å². The van der Waals surface area contributed by atoms with Gasteiger partial charge >= 0.3 is 0 Å². The van der Waals surface area contributed by atoms with Crippen LogP contribution in [0, 0.1) is 19.8 Å². The van der Waals surface area contributed by atoms with Crippen LogP contribution in [0.15, 0.2) is 18.2 Å². The molecule has 0 bridgehead atoms. The van der Waals surface area contributed by atoms with E-state index in [4.69, 9.17) is 4.74 Å². The van der Waals surface area contributed by atoms with Crippen molar-refractivity contribution in [2.24, 2.45) is 5.92 Å². The molecule has 3 unspecified atom stereocenters. The minimum Gasteiger partial charge on any atom is -0.491 e. The molecule has 0 spiro atoms. The maximum atomic E-state index is 10.0. The van der Waals surface area contributed by atoms with Crippen LogP contribution in [0.4, 0.5) is 0 Å². The summed E-state index contributed by atoms with van der Waals surface area (Å²) in [5.41, 5.74) is 2.35. The molecule has 3 atom stereocenters. The fraction of sp³-hybridized carbons (Fsp3) is 0.647. The fourth-order valence-electron chi connectivity index (χ4n) is 2.94. The van der Waals surface area contributed by atoms with E-state index in [1.807, 2.05) is 19.1 Å². The predicted molar refractivity (Wildman–Crippen MR) is 82.2 cm³/mol. The van der Waals surface area contributed by atoms with E-state index in [1.54, 1.807) is 0 Å². The molecule has 3 heteroatoms. The number of aliphatic hydroxyl groups is 1. The molecule has 1 fully saturated rings. The van der Waals surface area contributed by atoms with Crippen LogP contribution in [0.1, 0.15) is 37.3 Å². The van der Waals surface area contributed by atoms with Gasteiger partial charge in [0.25, 0.3) is 0 Å². The number of aryl methyl sites for hydroxylation is 2. The second kappa shape index (κ2) is 7.09. The average molecular weight is 277 g/mol. The zero-order chi connectivity index (χ0) is 14.5. The number of ether oxygens (including phenoxy) is 1. The Balaban J connectivity index is 1.73. The Morgan fingerprint density at radius 1 is 1.35 bits per heavy atom. The third-order valence-electron chi connectivity index (χ3n) is 4.24. The van der Waals surface area contributed by atoms with Gasteiger partial charge in [0.2, 0.25) is 0 Å². The Hall–Kier alpha value is -1.06. The van der Waals surface area contributed by atoms with Crippen LogP contribution in [0.25, 0.3) is 0 Å². The lowest BCUT2D eigenvalue weighted by molar-refractivity contribution is 0.102. The Kier molecular flexibility index (Phi) is 5.44. The maximum Gasteiger partial charge on any atom is 0.122 e. The van der Waals surface area contributed by atoms with E-state index in [9.17, 15) is 5.11 Å². The summed E-state index contributed by atoms with van der Waals surface area (Å²) >= 11 is 0. The van der Waals surface area contributed by atoms with Crippen molar-refractivity contribution in [3.63, 3.8) is 0 Å². The van der Waals surface area contributed by atoms with E-state index >= 15 is 0 Å². The van der Waals surface area contributed by atoms with E-state index in [-0.39, 0.29) is 0 Å². The zero-order valence-electron chi connectivity index (χ0n) is 12.9. The third-order valence-corrected chi connectivity index (χ3v) is 4.24. The molecule has 1 aromatic rings. The molecule has 0 heterocycles. The van der Waals surface area contributed by atoms with Gasteiger partial charge in [0.05, 0.1) is 0 Å². The summed E-state index contributed by atoms with van der Waals surface area (Å²) < 4.78 is 5.71. The Bertz CT molecular complexity index is 433. The molecule has 0 amide bonds. The van der Waals surface area contributed by atoms with Crippen molar-refractivity contribution in [1.82, 2.24) is 5.32 Å². The Morgan fingerprint density at radius 3 is 2.80 bits per heavy atom. The topological polar surface area (TPSA) is 41.5 Å². The van der Waals surface area contributed by atoms with Crippen molar-refractivity contribution >= 4 is 0 Å². The first-order chi connectivity index (χ1) is 9.56. The molecule has 2 rings (SSSR count). The van der Waals surface area contributed by atoms with Crippen molar-refractivity contribution < 1.29 is 9.84 Å². The lowest BCUT2D eigenvalue weighted by Crippen LogP contribution is -2.39. The highest BCUT2D eigenvalue weighted by Gasteiger charge is 2.23. The van der Waals surface area contributed by atoms with Crippen molar-refractivity contribution in [1.29, 1.82) is 0 Å². The molecule has 1 aliphatic carbocycles. The summed E-state index contributed by atoms with van der Waals surface area (Å²) in [6.45, 7) is 7.34. The molecule has 1 aliphatic rings. The minimum atomic E-state index is -0.455. The molecule has 0 aliphatic heterocycles. The normalized spacial score (nSPS) is 23.8. The highest BCUT2D eigenvalue weighted by atomic mass is 16.5. The molecule has 3 nitrogen and oxygen atoms in total. The Morgan fingerprint density at radius 2 is 2.15 bits per heavy atom. The summed E-state index contributed by atoms with van der Waals surface area (Å²) in [7, 11) is 0. The molecular formula is C17H27NO2. The number of nitrogens with one attached hydrogen (secondary N) is 1. The van der Waals surface area contributed by atoms with Gasteiger partial charge < -0.3 is 15.2 Å². The van der Waals surface area contributed by atoms with E-state index in [2.05, 4.69) is 25.2 Å². The second-order valence-corrected chi connectivity index (χ2v) is 6.16. The van der Waals surface area contributed by atoms with Gasteiger partial charge in [-0.2, -0.15) is 0 Å². The minimum absolute atomic E-state index is 0.345. The first-order valence-electron chi connectivity index (χ1n) is 7.67. The smallest absolute Gasteiger partial charge is 0.122 e. The molecule has 0 radical (unpaired) electrons. The van der Waals surface area contributed by atoms with Crippen molar-refractivity contribution in [3.8, 4) is 5.75 Å². The molecule has 1 saturated carbocycles. The van der Waals surface area contributed by atoms with E-state index in [0.29, 0.717) is 19.2 Å². The summed E-state index contributed by atoms with van der Waals surface area (Å²) in [5, 5.41) is 13.5. The van der Waals surface area contributed by atoms with Crippen LogP contribution >= 0.6 is 0 Å². The average Bonchev–Trinajstić information content (AvgIpc) is 2.81. The SMILES string of the molecule is Cc1ccc(OCC(O)CNC2CCCC2C)c(C)c1. The van der Waals surface area contributed by atoms with Gasteiger partial charge in [-0.15, -0.1) is 0 Å². The molecule has 2 N–H and O–H groups in total. The third kappa shape index (κ3) is 4.22. The largest absolute Gasteiger partial charge is 0.491 e. The molecule has 0 aromatic heterocycles. The fourth-order valence-corrected chi connectivity index (χ4v) is 2.94. The van der Waals surface area contributed by atoms with Gasteiger partial charge in [-0.05, 0) is 44.2 Å². The molecule has 0 saturated heterocycles. The summed E-state index contributed by atoms with van der Waals surface area (Å²) in [5.74, 6) is 1.59. The van der Waals surface area contributed by atoms with Gasteiger partial charge in [0.1, 0.15) is 18.5 Å². The second-order valence-electron chi connectivity index (χ2n) is 6.16. The first-order valence-corrected chi connectivity index (χ1v) is 7.67. The van der Waals surface area contributed by atoms with E-state index in [0.717, 1.165) is 17.2 Å². The van der Waals surface area contributed by atoms with Crippen LogP contribution in [0.3, 0.4) is 0 Å². The standard InChI is InChI=1S/C17H27NO2/c1-12-7-8-17(14(3)9-12)20-11-15(19)10-18-16-6-4-5-13(16)2/h7-9,13,15-16,18-19H,4-6,10-11H2,1-3H3. The molecular weight excluding hydrogens is 250 g/mol. The first kappa shape index (κ1) is 15.3. The van der Waals surface area contributed by atoms with Crippen molar-refractivity contribution in [2.45, 2.75) is 52.2 Å².